The number of hydrogen-bond acceptors (Lipinski definition) is 4. The van der Waals surface area contributed by atoms with Crippen LogP contribution in [0, 0.1) is 0 Å². The van der Waals surface area contributed by atoms with Gasteiger partial charge in [0.25, 0.3) is 5.91 Å². The molecule has 0 aliphatic carbocycles. The van der Waals surface area contributed by atoms with Gasteiger partial charge in [0.1, 0.15) is 0 Å². The quantitative estimate of drug-likeness (QED) is 0.589. The van der Waals surface area contributed by atoms with Gasteiger partial charge in [-0.2, -0.15) is 0 Å². The largest absolute Gasteiger partial charge is 0.348 e. The summed E-state index contributed by atoms with van der Waals surface area (Å²) in [6.45, 7) is 0.352. The summed E-state index contributed by atoms with van der Waals surface area (Å²) >= 11 is 6.02. The molecular formula is C13H13ClN4O. The third kappa shape index (κ3) is 3.21. The van der Waals surface area contributed by atoms with Crippen LogP contribution in [0.5, 0.6) is 0 Å². The number of carbonyl (C=O) groups excluding carboxylic acids is 1. The monoisotopic (exact) mass is 276 g/mol. The van der Waals surface area contributed by atoms with Crippen molar-refractivity contribution in [3.8, 4) is 0 Å². The lowest BCUT2D eigenvalue weighted by Gasteiger charge is -2.09. The van der Waals surface area contributed by atoms with Crippen LogP contribution in [0.1, 0.15) is 15.9 Å². The lowest BCUT2D eigenvalue weighted by molar-refractivity contribution is 0.0951. The topological polar surface area (TPSA) is 80.0 Å². The van der Waals surface area contributed by atoms with E-state index in [2.05, 4.69) is 15.7 Å². The highest BCUT2D eigenvalue weighted by atomic mass is 35.5. The lowest BCUT2D eigenvalue weighted by atomic mass is 10.2. The van der Waals surface area contributed by atoms with Crippen molar-refractivity contribution < 1.29 is 4.79 Å². The number of anilines is 1. The first-order valence-corrected chi connectivity index (χ1v) is 6.02. The predicted octanol–water partition coefficient (Wildman–Crippen LogP) is 1.95. The van der Waals surface area contributed by atoms with E-state index in [9.17, 15) is 4.79 Å². The molecule has 0 fully saturated rings. The van der Waals surface area contributed by atoms with Crippen molar-refractivity contribution in [3.63, 3.8) is 0 Å². The molecule has 1 heterocycles. The molecule has 0 spiro atoms. The molecule has 0 unspecified atom stereocenters. The maximum absolute atomic E-state index is 12.0. The van der Waals surface area contributed by atoms with Gasteiger partial charge in [0.05, 0.1) is 17.4 Å². The molecule has 0 aliphatic rings. The van der Waals surface area contributed by atoms with Gasteiger partial charge in [0.15, 0.2) is 0 Å². The number of halogens is 1. The average molecular weight is 277 g/mol. The highest BCUT2D eigenvalue weighted by molar-refractivity contribution is 6.31. The van der Waals surface area contributed by atoms with Gasteiger partial charge < -0.3 is 10.7 Å². The number of benzene rings is 1. The molecule has 0 saturated carbocycles. The summed E-state index contributed by atoms with van der Waals surface area (Å²) in [5.74, 6) is 5.09. The van der Waals surface area contributed by atoms with E-state index >= 15 is 0 Å². The first-order valence-electron chi connectivity index (χ1n) is 5.64. The van der Waals surface area contributed by atoms with Crippen molar-refractivity contribution in [1.82, 2.24) is 10.3 Å². The Hall–Kier alpha value is -2.11. The SMILES string of the molecule is NNc1cnccc1C(=O)NCc1ccccc1Cl. The number of nitrogens with two attached hydrogens (primary N) is 1. The van der Waals surface area contributed by atoms with Gasteiger partial charge in [-0.1, -0.05) is 29.8 Å². The van der Waals surface area contributed by atoms with Crippen LogP contribution in [-0.4, -0.2) is 10.9 Å². The second kappa shape index (κ2) is 6.17. The minimum Gasteiger partial charge on any atom is -0.348 e. The van der Waals surface area contributed by atoms with E-state index in [1.54, 1.807) is 12.1 Å². The number of carbonyl (C=O) groups is 1. The normalized spacial score (nSPS) is 10.0. The van der Waals surface area contributed by atoms with Crippen molar-refractivity contribution >= 4 is 23.2 Å². The molecule has 19 heavy (non-hydrogen) atoms. The number of aromatic nitrogens is 1. The minimum atomic E-state index is -0.240. The molecule has 98 valence electrons. The van der Waals surface area contributed by atoms with E-state index in [1.807, 2.05) is 18.2 Å². The van der Waals surface area contributed by atoms with Crippen LogP contribution in [0.3, 0.4) is 0 Å². The first-order chi connectivity index (χ1) is 9.22. The standard InChI is InChI=1S/C13H13ClN4O/c14-11-4-2-1-3-9(11)7-17-13(19)10-5-6-16-8-12(10)18-15/h1-6,8,18H,7,15H2,(H,17,19). The Labute approximate surface area is 115 Å². The van der Waals surface area contributed by atoms with Gasteiger partial charge in [-0.25, -0.2) is 0 Å². The number of nitrogens with zero attached hydrogens (tertiary/aromatic N) is 1. The fourth-order valence-electron chi connectivity index (χ4n) is 1.62. The highest BCUT2D eigenvalue weighted by Crippen LogP contribution is 2.15. The molecule has 0 atom stereocenters. The number of pyridine rings is 1. The molecule has 0 aliphatic heterocycles. The van der Waals surface area contributed by atoms with Crippen molar-refractivity contribution in [2.45, 2.75) is 6.54 Å². The van der Waals surface area contributed by atoms with Crippen LogP contribution in [0.15, 0.2) is 42.7 Å². The molecule has 0 radical (unpaired) electrons. The molecule has 1 amide bonds. The minimum absolute atomic E-state index is 0.240. The maximum Gasteiger partial charge on any atom is 0.253 e. The van der Waals surface area contributed by atoms with Crippen LogP contribution in [0.4, 0.5) is 5.69 Å². The molecular weight excluding hydrogens is 264 g/mol. The van der Waals surface area contributed by atoms with Crippen LogP contribution in [-0.2, 0) is 6.54 Å². The average Bonchev–Trinajstić information content (AvgIpc) is 2.46. The van der Waals surface area contributed by atoms with Gasteiger partial charge in [-0.15, -0.1) is 0 Å². The van der Waals surface area contributed by atoms with E-state index in [-0.39, 0.29) is 5.91 Å². The summed E-state index contributed by atoms with van der Waals surface area (Å²) in [5.41, 5.74) is 4.20. The van der Waals surface area contributed by atoms with Gasteiger partial charge in [-0.3, -0.25) is 15.6 Å². The molecule has 0 bridgehead atoms. The molecule has 0 saturated heterocycles. The molecule has 6 heteroatoms. The highest BCUT2D eigenvalue weighted by Gasteiger charge is 2.10. The third-order valence-electron chi connectivity index (χ3n) is 2.62. The Balaban J connectivity index is 2.08. The molecule has 4 N–H and O–H groups in total. The number of amides is 1. The van der Waals surface area contributed by atoms with E-state index < -0.39 is 0 Å². The fraction of sp³-hybridized carbons (Fsp3) is 0.0769. The lowest BCUT2D eigenvalue weighted by Crippen LogP contribution is -2.25. The van der Waals surface area contributed by atoms with Crippen molar-refractivity contribution in [3.05, 3.63) is 58.9 Å². The number of nitrogens with one attached hydrogen (secondary N) is 2. The first kappa shape index (κ1) is 13.3. The Kier molecular flexibility index (Phi) is 4.33. The summed E-state index contributed by atoms with van der Waals surface area (Å²) < 4.78 is 0. The summed E-state index contributed by atoms with van der Waals surface area (Å²) in [7, 11) is 0. The molecule has 2 rings (SSSR count). The number of hydrazine groups is 1. The van der Waals surface area contributed by atoms with Crippen LogP contribution < -0.4 is 16.6 Å². The van der Waals surface area contributed by atoms with Crippen molar-refractivity contribution in [2.75, 3.05) is 5.43 Å². The van der Waals surface area contributed by atoms with Gasteiger partial charge in [0, 0.05) is 17.8 Å². The number of nitrogen functional groups attached to an aromatic ring is 1. The van der Waals surface area contributed by atoms with Crippen molar-refractivity contribution in [1.29, 1.82) is 0 Å². The molecule has 1 aromatic heterocycles. The summed E-state index contributed by atoms with van der Waals surface area (Å²) in [4.78, 5) is 15.9. The Morgan fingerprint density at radius 3 is 2.84 bits per heavy atom. The van der Waals surface area contributed by atoms with Crippen LogP contribution in [0.2, 0.25) is 5.02 Å². The summed E-state index contributed by atoms with van der Waals surface area (Å²) in [6, 6.07) is 8.94. The fourth-order valence-corrected chi connectivity index (χ4v) is 1.82. The van der Waals surface area contributed by atoms with E-state index in [4.69, 9.17) is 17.4 Å². The van der Waals surface area contributed by atoms with Gasteiger partial charge in [-0.05, 0) is 17.7 Å². The summed E-state index contributed by atoms with van der Waals surface area (Å²) in [5, 5.41) is 3.40. The third-order valence-corrected chi connectivity index (χ3v) is 2.99. The molecule has 5 nitrogen and oxygen atoms in total. The number of hydrogen-bond donors (Lipinski definition) is 3. The zero-order valence-corrected chi connectivity index (χ0v) is 10.8. The van der Waals surface area contributed by atoms with E-state index in [0.29, 0.717) is 22.8 Å². The Morgan fingerprint density at radius 2 is 2.11 bits per heavy atom. The maximum atomic E-state index is 12.0. The zero-order valence-electron chi connectivity index (χ0n) is 10.1. The van der Waals surface area contributed by atoms with Crippen molar-refractivity contribution in [2.24, 2.45) is 5.84 Å². The molecule has 2 aromatic rings. The summed E-state index contributed by atoms with van der Waals surface area (Å²) in [6.07, 6.45) is 3.02. The molecule has 1 aromatic carbocycles. The Morgan fingerprint density at radius 1 is 1.32 bits per heavy atom. The second-order valence-corrected chi connectivity index (χ2v) is 4.25. The van der Waals surface area contributed by atoms with E-state index in [1.165, 1.54) is 12.4 Å². The smallest absolute Gasteiger partial charge is 0.253 e. The van der Waals surface area contributed by atoms with Crippen LogP contribution in [0.25, 0.3) is 0 Å². The Bertz CT molecular complexity index is 588. The van der Waals surface area contributed by atoms with Gasteiger partial charge >= 0.3 is 0 Å². The van der Waals surface area contributed by atoms with Gasteiger partial charge in [0.2, 0.25) is 0 Å². The van der Waals surface area contributed by atoms with E-state index in [0.717, 1.165) is 5.56 Å². The second-order valence-electron chi connectivity index (χ2n) is 3.84. The number of rotatable bonds is 4. The predicted molar refractivity (Wildman–Crippen MR) is 74.7 cm³/mol. The zero-order chi connectivity index (χ0) is 13.7. The van der Waals surface area contributed by atoms with Crippen LogP contribution >= 0.6 is 11.6 Å².